The van der Waals surface area contributed by atoms with Crippen molar-refractivity contribution < 1.29 is 24.5 Å². The monoisotopic (exact) mass is 464 g/mol. The summed E-state index contributed by atoms with van der Waals surface area (Å²) in [5.74, 6) is 0.705. The number of hydrogen-bond donors (Lipinski definition) is 2. The van der Waals surface area contributed by atoms with E-state index in [9.17, 15) is 9.90 Å². The fourth-order valence-corrected chi connectivity index (χ4v) is 5.51. The van der Waals surface area contributed by atoms with E-state index in [2.05, 4.69) is 0 Å². The van der Waals surface area contributed by atoms with Crippen molar-refractivity contribution in [1.29, 1.82) is 0 Å². The molecule has 6 heteroatoms. The van der Waals surface area contributed by atoms with Crippen LogP contribution in [0.15, 0.2) is 42.5 Å². The molecule has 1 aliphatic heterocycles. The van der Waals surface area contributed by atoms with E-state index in [1.165, 1.54) is 5.56 Å². The molecule has 2 atom stereocenters. The minimum atomic E-state index is -0.826. The van der Waals surface area contributed by atoms with Crippen LogP contribution in [0.3, 0.4) is 0 Å². The molecule has 0 amide bonds. The number of benzene rings is 3. The molecule has 33 heavy (non-hydrogen) atoms. The summed E-state index contributed by atoms with van der Waals surface area (Å²) in [7, 11) is 0. The van der Waals surface area contributed by atoms with Crippen LogP contribution < -0.4 is 9.47 Å². The molecule has 0 radical (unpaired) electrons. The molecule has 170 valence electrons. The number of aliphatic carboxylic acids is 1. The SMILES string of the molecule is Cc1cc(O)cc(C)c1-c1c(Cl)ccc2c1CC[C@H]2Oc1ccc2c(c1)OC[C@H]2CC(=O)O. The molecule has 3 aromatic carbocycles. The summed E-state index contributed by atoms with van der Waals surface area (Å²) >= 11 is 6.69. The van der Waals surface area contributed by atoms with Gasteiger partial charge in [0, 0.05) is 28.1 Å². The Hall–Kier alpha value is -3.18. The third-order valence-electron chi connectivity index (χ3n) is 6.63. The first-order chi connectivity index (χ1) is 15.8. The Morgan fingerprint density at radius 3 is 2.55 bits per heavy atom. The van der Waals surface area contributed by atoms with Gasteiger partial charge in [0.15, 0.2) is 0 Å². The second kappa shape index (κ2) is 8.31. The average molecular weight is 465 g/mol. The summed E-state index contributed by atoms with van der Waals surface area (Å²) in [6.45, 7) is 4.36. The number of ether oxygens (including phenoxy) is 2. The van der Waals surface area contributed by atoms with Gasteiger partial charge in [-0.2, -0.15) is 0 Å². The highest BCUT2D eigenvalue weighted by Crippen LogP contribution is 2.46. The minimum absolute atomic E-state index is 0.0584. The lowest BCUT2D eigenvalue weighted by Crippen LogP contribution is -2.07. The van der Waals surface area contributed by atoms with E-state index in [1.807, 2.05) is 44.2 Å². The number of halogens is 1. The molecule has 0 spiro atoms. The van der Waals surface area contributed by atoms with Crippen LogP contribution >= 0.6 is 11.6 Å². The summed E-state index contributed by atoms with van der Waals surface area (Å²) in [6.07, 6.45) is 1.63. The first-order valence-corrected chi connectivity index (χ1v) is 11.5. The second-order valence-electron chi connectivity index (χ2n) is 8.90. The van der Waals surface area contributed by atoms with Crippen molar-refractivity contribution in [2.45, 2.75) is 45.1 Å². The van der Waals surface area contributed by atoms with Gasteiger partial charge in [0.1, 0.15) is 23.4 Å². The van der Waals surface area contributed by atoms with Gasteiger partial charge in [0.2, 0.25) is 0 Å². The van der Waals surface area contributed by atoms with Gasteiger partial charge >= 0.3 is 5.97 Å². The average Bonchev–Trinajstić information content (AvgIpc) is 3.32. The summed E-state index contributed by atoms with van der Waals surface area (Å²) in [5, 5.41) is 19.8. The molecule has 3 aromatic rings. The van der Waals surface area contributed by atoms with Gasteiger partial charge in [-0.05, 0) is 78.8 Å². The molecule has 5 rings (SSSR count). The molecule has 0 saturated heterocycles. The molecule has 2 N–H and O–H groups in total. The summed E-state index contributed by atoms with van der Waals surface area (Å²) in [4.78, 5) is 11.1. The minimum Gasteiger partial charge on any atom is -0.508 e. The number of hydrogen-bond acceptors (Lipinski definition) is 4. The number of carboxylic acid groups (broad SMARTS) is 1. The number of aromatic hydroxyl groups is 1. The highest BCUT2D eigenvalue weighted by atomic mass is 35.5. The van der Waals surface area contributed by atoms with Crippen molar-refractivity contribution in [3.8, 4) is 28.4 Å². The number of rotatable bonds is 5. The standard InChI is InChI=1S/C27H25ClO5/c1-14-9-17(29)10-15(2)26(14)27-21-6-8-23(20(21)5-7-22(27)28)33-18-3-4-19-16(11-25(30)31)13-32-24(19)12-18/h3-5,7,9-10,12,16,23,29H,6,8,11,13H2,1-2H3,(H,30,31)/t16-,23-/m1/s1. The van der Waals surface area contributed by atoms with Crippen LogP contribution in [0.2, 0.25) is 5.02 Å². The molecule has 1 heterocycles. The van der Waals surface area contributed by atoms with Gasteiger partial charge in [-0.3, -0.25) is 4.79 Å². The van der Waals surface area contributed by atoms with E-state index < -0.39 is 5.97 Å². The molecular weight excluding hydrogens is 440 g/mol. The van der Waals surface area contributed by atoms with Crippen LogP contribution in [0.25, 0.3) is 11.1 Å². The van der Waals surface area contributed by atoms with Gasteiger partial charge in [0.25, 0.3) is 0 Å². The smallest absolute Gasteiger partial charge is 0.304 e. The Bertz CT molecular complexity index is 1240. The van der Waals surface area contributed by atoms with Crippen LogP contribution in [-0.4, -0.2) is 22.8 Å². The van der Waals surface area contributed by atoms with E-state index in [4.69, 9.17) is 26.2 Å². The Morgan fingerprint density at radius 2 is 1.82 bits per heavy atom. The Balaban J connectivity index is 1.45. The van der Waals surface area contributed by atoms with E-state index >= 15 is 0 Å². The maximum atomic E-state index is 11.1. The number of fused-ring (bicyclic) bond motifs is 2. The Labute approximate surface area is 197 Å². The maximum Gasteiger partial charge on any atom is 0.304 e. The number of aryl methyl sites for hydroxylation is 2. The van der Waals surface area contributed by atoms with Crippen LogP contribution in [0.5, 0.6) is 17.2 Å². The molecule has 0 saturated carbocycles. The van der Waals surface area contributed by atoms with Gasteiger partial charge < -0.3 is 19.7 Å². The van der Waals surface area contributed by atoms with Crippen LogP contribution in [0, 0.1) is 13.8 Å². The zero-order valence-corrected chi connectivity index (χ0v) is 19.3. The van der Waals surface area contributed by atoms with Gasteiger partial charge in [-0.1, -0.05) is 23.7 Å². The van der Waals surface area contributed by atoms with Gasteiger partial charge in [-0.25, -0.2) is 0 Å². The quantitative estimate of drug-likeness (QED) is 0.460. The molecule has 5 nitrogen and oxygen atoms in total. The third-order valence-corrected chi connectivity index (χ3v) is 6.95. The van der Waals surface area contributed by atoms with Crippen molar-refractivity contribution in [3.05, 3.63) is 75.3 Å². The summed E-state index contributed by atoms with van der Waals surface area (Å²) in [6, 6.07) is 13.2. The molecule has 0 unspecified atom stereocenters. The van der Waals surface area contributed by atoms with Crippen molar-refractivity contribution in [2.24, 2.45) is 0 Å². The molecule has 0 fully saturated rings. The third kappa shape index (κ3) is 3.91. The highest BCUT2D eigenvalue weighted by Gasteiger charge is 2.31. The summed E-state index contributed by atoms with van der Waals surface area (Å²) < 4.78 is 12.1. The maximum absolute atomic E-state index is 11.1. The zero-order valence-electron chi connectivity index (χ0n) is 18.5. The van der Waals surface area contributed by atoms with E-state index in [-0.39, 0.29) is 24.2 Å². The molecule has 2 aliphatic rings. The normalized spacial score (nSPS) is 18.5. The largest absolute Gasteiger partial charge is 0.508 e. The Morgan fingerprint density at radius 1 is 1.09 bits per heavy atom. The second-order valence-corrected chi connectivity index (χ2v) is 9.30. The Kier molecular flexibility index (Phi) is 5.45. The van der Waals surface area contributed by atoms with E-state index in [0.29, 0.717) is 23.1 Å². The lowest BCUT2D eigenvalue weighted by Gasteiger charge is -2.19. The first-order valence-electron chi connectivity index (χ1n) is 11.1. The highest BCUT2D eigenvalue weighted by molar-refractivity contribution is 6.33. The number of phenolic OH excluding ortho intramolecular Hbond substituents is 1. The van der Waals surface area contributed by atoms with Crippen molar-refractivity contribution >= 4 is 17.6 Å². The van der Waals surface area contributed by atoms with Gasteiger partial charge in [-0.15, -0.1) is 0 Å². The topological polar surface area (TPSA) is 76.0 Å². The lowest BCUT2D eigenvalue weighted by atomic mass is 9.90. The molecule has 0 aromatic heterocycles. The predicted octanol–water partition coefficient (Wildman–Crippen LogP) is 6.35. The van der Waals surface area contributed by atoms with Crippen LogP contribution in [-0.2, 0) is 11.2 Å². The number of carbonyl (C=O) groups is 1. The summed E-state index contributed by atoms with van der Waals surface area (Å²) in [5.41, 5.74) is 7.27. The fraction of sp³-hybridized carbons (Fsp3) is 0.296. The zero-order chi connectivity index (χ0) is 23.3. The predicted molar refractivity (Wildman–Crippen MR) is 127 cm³/mol. The van der Waals surface area contributed by atoms with Crippen LogP contribution in [0.4, 0.5) is 0 Å². The number of carboxylic acids is 1. The van der Waals surface area contributed by atoms with E-state index in [0.717, 1.165) is 46.2 Å². The van der Waals surface area contributed by atoms with Crippen molar-refractivity contribution in [1.82, 2.24) is 0 Å². The fourth-order valence-electron chi connectivity index (χ4n) is 5.24. The lowest BCUT2D eigenvalue weighted by molar-refractivity contribution is -0.137. The first kappa shape index (κ1) is 21.7. The molecular formula is C27H25ClO5. The van der Waals surface area contributed by atoms with Crippen LogP contribution in [0.1, 0.15) is 52.7 Å². The molecule has 0 bridgehead atoms. The van der Waals surface area contributed by atoms with E-state index in [1.54, 1.807) is 12.1 Å². The molecule has 1 aliphatic carbocycles. The number of phenols is 1. The van der Waals surface area contributed by atoms with Crippen molar-refractivity contribution in [2.75, 3.05) is 6.61 Å². The van der Waals surface area contributed by atoms with Gasteiger partial charge in [0.05, 0.1) is 13.0 Å². The van der Waals surface area contributed by atoms with Crippen molar-refractivity contribution in [3.63, 3.8) is 0 Å².